The maximum Gasteiger partial charge on any atom is 0.258 e. The number of para-hydroxylation sites is 1. The standard InChI is InChI=1S/C37H38N6O7/c38-35-31(20-27(41-42-35)26-7-1-2-8-29(26)44)50-19-17-23-11-13-24(14-12-23)21-39-32(45)10-3-4-18-49-30-9-5-6-25-22-43(37(48)34(25)30)28-15-16-33(46)40-36(28)47/h1-2,5-9,11-14,20,28,44H,3-4,10,15-19,21-22H2,(H2,38,42)(H,39,45)(H,40,46,47). The molecule has 4 aromatic rings. The van der Waals surface area contributed by atoms with E-state index in [-0.39, 0.29) is 35.7 Å². The molecule has 50 heavy (non-hydrogen) atoms. The van der Waals surface area contributed by atoms with Gasteiger partial charge >= 0.3 is 0 Å². The van der Waals surface area contributed by atoms with Crippen molar-refractivity contribution in [2.24, 2.45) is 0 Å². The lowest BCUT2D eigenvalue weighted by molar-refractivity contribution is -0.137. The van der Waals surface area contributed by atoms with Gasteiger partial charge in [0, 0.05) is 44.0 Å². The average Bonchev–Trinajstić information content (AvgIpc) is 3.45. The van der Waals surface area contributed by atoms with E-state index in [0.29, 0.717) is 86.7 Å². The quantitative estimate of drug-likeness (QED) is 0.113. The summed E-state index contributed by atoms with van der Waals surface area (Å²) in [7, 11) is 0. The number of rotatable bonds is 14. The first-order valence-electron chi connectivity index (χ1n) is 16.5. The summed E-state index contributed by atoms with van der Waals surface area (Å²) >= 11 is 0. The van der Waals surface area contributed by atoms with Gasteiger partial charge in [0.05, 0.1) is 18.8 Å². The first-order chi connectivity index (χ1) is 24.3. The Kier molecular flexibility index (Phi) is 10.5. The Labute approximate surface area is 288 Å². The molecule has 0 radical (unpaired) electrons. The van der Waals surface area contributed by atoms with Crippen LogP contribution in [-0.4, -0.2) is 63.1 Å². The van der Waals surface area contributed by atoms with Crippen LogP contribution < -0.4 is 25.8 Å². The summed E-state index contributed by atoms with van der Waals surface area (Å²) in [5, 5.41) is 23.4. The maximum absolute atomic E-state index is 13.2. The minimum absolute atomic E-state index is 0.0649. The molecular formula is C37H38N6O7. The van der Waals surface area contributed by atoms with Crippen molar-refractivity contribution in [3.05, 3.63) is 95.1 Å². The van der Waals surface area contributed by atoms with Crippen molar-refractivity contribution in [2.45, 2.75) is 57.7 Å². The fraction of sp³-hybridized carbons (Fsp3) is 0.297. The van der Waals surface area contributed by atoms with Crippen LogP contribution in [0.1, 0.15) is 59.2 Å². The number of nitrogens with zero attached hydrogens (tertiary/aromatic N) is 3. The molecule has 13 nitrogen and oxygen atoms in total. The van der Waals surface area contributed by atoms with E-state index in [1.54, 1.807) is 36.4 Å². The van der Waals surface area contributed by atoms with Gasteiger partial charge in [-0.25, -0.2) is 0 Å². The molecule has 3 aromatic carbocycles. The van der Waals surface area contributed by atoms with E-state index in [2.05, 4.69) is 20.8 Å². The van der Waals surface area contributed by atoms with Gasteiger partial charge in [-0.2, -0.15) is 0 Å². The predicted molar refractivity (Wildman–Crippen MR) is 183 cm³/mol. The number of carbonyl (C=O) groups excluding carboxylic acids is 4. The number of hydrogen-bond acceptors (Lipinski definition) is 10. The number of nitrogens with one attached hydrogen (secondary N) is 2. The van der Waals surface area contributed by atoms with Crippen molar-refractivity contribution in [2.75, 3.05) is 18.9 Å². The molecule has 2 aliphatic heterocycles. The zero-order chi connectivity index (χ0) is 35.0. The van der Waals surface area contributed by atoms with Gasteiger partial charge in [0.15, 0.2) is 11.6 Å². The molecule has 1 saturated heterocycles. The number of aromatic hydroxyl groups is 1. The zero-order valence-electron chi connectivity index (χ0n) is 27.4. The highest BCUT2D eigenvalue weighted by molar-refractivity contribution is 6.06. The highest BCUT2D eigenvalue weighted by Gasteiger charge is 2.40. The summed E-state index contributed by atoms with van der Waals surface area (Å²) in [6.45, 7) is 1.39. The van der Waals surface area contributed by atoms with Gasteiger partial charge in [-0.05, 0) is 54.2 Å². The molecule has 5 N–H and O–H groups in total. The van der Waals surface area contributed by atoms with Gasteiger partial charge in [-0.1, -0.05) is 48.5 Å². The number of anilines is 1. The fourth-order valence-corrected chi connectivity index (χ4v) is 5.98. The Bertz CT molecular complexity index is 1900. The normalized spacial score (nSPS) is 15.4. The van der Waals surface area contributed by atoms with Gasteiger partial charge in [-0.15, -0.1) is 10.2 Å². The largest absolute Gasteiger partial charge is 0.507 e. The summed E-state index contributed by atoms with van der Waals surface area (Å²) in [4.78, 5) is 51.1. The molecule has 3 heterocycles. The van der Waals surface area contributed by atoms with Crippen LogP contribution in [0, 0.1) is 0 Å². The molecule has 4 amide bonds. The van der Waals surface area contributed by atoms with Crippen LogP contribution in [0.4, 0.5) is 5.82 Å². The van der Waals surface area contributed by atoms with E-state index in [1.165, 1.54) is 4.90 Å². The Morgan fingerprint density at radius 2 is 1.72 bits per heavy atom. The summed E-state index contributed by atoms with van der Waals surface area (Å²) in [6, 6.07) is 21.1. The Hall–Kier alpha value is -5.98. The third-order valence-corrected chi connectivity index (χ3v) is 8.70. The molecule has 6 rings (SSSR count). The first kappa shape index (κ1) is 33.9. The number of carbonyl (C=O) groups is 4. The molecule has 1 atom stereocenters. The molecule has 0 saturated carbocycles. The van der Waals surface area contributed by atoms with Gasteiger partial charge in [0.2, 0.25) is 17.7 Å². The Morgan fingerprint density at radius 3 is 2.52 bits per heavy atom. The maximum atomic E-state index is 13.2. The molecule has 1 aromatic heterocycles. The lowest BCUT2D eigenvalue weighted by Gasteiger charge is -2.29. The number of benzene rings is 3. The highest BCUT2D eigenvalue weighted by Crippen LogP contribution is 2.34. The van der Waals surface area contributed by atoms with Crippen LogP contribution in [-0.2, 0) is 33.9 Å². The van der Waals surface area contributed by atoms with E-state index < -0.39 is 11.9 Å². The van der Waals surface area contributed by atoms with Crippen LogP contribution in [0.15, 0.2) is 72.8 Å². The molecule has 2 aliphatic rings. The first-order valence-corrected chi connectivity index (χ1v) is 16.5. The summed E-state index contributed by atoms with van der Waals surface area (Å²) < 4.78 is 11.8. The number of amides is 4. The number of nitrogens with two attached hydrogens (primary N) is 1. The second-order valence-electron chi connectivity index (χ2n) is 12.2. The van der Waals surface area contributed by atoms with Crippen LogP contribution in [0.5, 0.6) is 17.2 Å². The second kappa shape index (κ2) is 15.5. The number of piperidine rings is 1. The number of phenolic OH excluding ortho intramolecular Hbond substituents is 1. The van der Waals surface area contributed by atoms with Crippen LogP contribution in [0.3, 0.4) is 0 Å². The van der Waals surface area contributed by atoms with Crippen LogP contribution in [0.25, 0.3) is 11.3 Å². The number of hydrogen-bond donors (Lipinski definition) is 4. The van der Waals surface area contributed by atoms with Gasteiger partial charge in [-0.3, -0.25) is 24.5 Å². The predicted octanol–water partition coefficient (Wildman–Crippen LogP) is 3.68. The topological polar surface area (TPSA) is 186 Å². The van der Waals surface area contributed by atoms with E-state index in [9.17, 15) is 24.3 Å². The van der Waals surface area contributed by atoms with Crippen molar-refractivity contribution in [3.8, 4) is 28.5 Å². The van der Waals surface area contributed by atoms with E-state index >= 15 is 0 Å². The zero-order valence-corrected chi connectivity index (χ0v) is 27.4. The number of aromatic nitrogens is 2. The van der Waals surface area contributed by atoms with Crippen molar-refractivity contribution >= 4 is 29.4 Å². The molecule has 1 unspecified atom stereocenters. The monoisotopic (exact) mass is 678 g/mol. The number of unbranched alkanes of at least 4 members (excludes halogenated alkanes) is 1. The minimum atomic E-state index is -0.680. The molecular weight excluding hydrogens is 640 g/mol. The molecule has 0 bridgehead atoms. The SMILES string of the molecule is Nc1nnc(-c2ccccc2O)cc1OCCc1ccc(CNC(=O)CCCCOc2cccc3c2C(=O)N(C2CCC(=O)NC2=O)C3)cc1. The third kappa shape index (κ3) is 8.00. The van der Waals surface area contributed by atoms with E-state index in [4.69, 9.17) is 15.2 Å². The molecule has 1 fully saturated rings. The number of phenols is 1. The smallest absolute Gasteiger partial charge is 0.258 e. The molecule has 0 aliphatic carbocycles. The minimum Gasteiger partial charge on any atom is -0.507 e. The van der Waals surface area contributed by atoms with Crippen molar-refractivity contribution in [3.63, 3.8) is 0 Å². The van der Waals surface area contributed by atoms with Crippen LogP contribution in [0.2, 0.25) is 0 Å². The van der Waals surface area contributed by atoms with Crippen LogP contribution >= 0.6 is 0 Å². The summed E-state index contributed by atoms with van der Waals surface area (Å²) in [5.74, 6) is -0.0132. The summed E-state index contributed by atoms with van der Waals surface area (Å²) in [6.07, 6.45) is 2.70. The van der Waals surface area contributed by atoms with Crippen molar-refractivity contribution in [1.29, 1.82) is 0 Å². The number of nitrogen functional groups attached to an aromatic ring is 1. The van der Waals surface area contributed by atoms with E-state index in [0.717, 1.165) is 16.7 Å². The lowest BCUT2D eigenvalue weighted by atomic mass is 10.0. The molecule has 0 spiro atoms. The van der Waals surface area contributed by atoms with Crippen molar-refractivity contribution in [1.82, 2.24) is 25.7 Å². The fourth-order valence-electron chi connectivity index (χ4n) is 5.98. The third-order valence-electron chi connectivity index (χ3n) is 8.70. The lowest BCUT2D eigenvalue weighted by Crippen LogP contribution is -2.52. The average molecular weight is 679 g/mol. The van der Waals surface area contributed by atoms with Gasteiger partial charge in [0.25, 0.3) is 5.91 Å². The Balaban J connectivity index is 0.890. The van der Waals surface area contributed by atoms with Crippen molar-refractivity contribution < 1.29 is 33.8 Å². The number of imide groups is 1. The number of fused-ring (bicyclic) bond motifs is 1. The highest BCUT2D eigenvalue weighted by atomic mass is 16.5. The van der Waals surface area contributed by atoms with E-state index in [1.807, 2.05) is 36.4 Å². The molecule has 258 valence electrons. The van der Waals surface area contributed by atoms with Gasteiger partial charge < -0.3 is 30.5 Å². The second-order valence-corrected chi connectivity index (χ2v) is 12.2. The molecule has 13 heteroatoms. The summed E-state index contributed by atoms with van der Waals surface area (Å²) in [5.41, 5.74) is 10.2. The Morgan fingerprint density at radius 1 is 0.940 bits per heavy atom. The van der Waals surface area contributed by atoms with Gasteiger partial charge in [0.1, 0.15) is 23.2 Å². The number of ether oxygens (including phenoxy) is 2.